The highest BCUT2D eigenvalue weighted by Crippen LogP contribution is 2.16. The fraction of sp³-hybridized carbons (Fsp3) is 1.00. The number of nitrogens with zero attached hydrogens (tertiary/aromatic N) is 1. The summed E-state index contributed by atoms with van der Waals surface area (Å²) in [5, 5.41) is 0. The van der Waals surface area contributed by atoms with E-state index in [1.54, 1.807) is 0 Å². The molecule has 0 fully saturated rings. The maximum Gasteiger partial charge on any atom is 0.00696 e. The van der Waals surface area contributed by atoms with Crippen molar-refractivity contribution in [3.05, 3.63) is 0 Å². The Morgan fingerprint density at radius 2 is 1.12 bits per heavy atom. The van der Waals surface area contributed by atoms with Crippen LogP contribution in [0.25, 0.3) is 0 Å². The van der Waals surface area contributed by atoms with E-state index in [2.05, 4.69) is 39.5 Å². The van der Waals surface area contributed by atoms with E-state index in [0.29, 0.717) is 0 Å². The van der Waals surface area contributed by atoms with E-state index in [9.17, 15) is 0 Å². The Kier molecular flexibility index (Phi) is 11.0. The average Bonchev–Trinajstić information content (AvgIpc) is 2.30. The van der Waals surface area contributed by atoms with Crippen LogP contribution in [0.2, 0.25) is 0 Å². The molecule has 0 N–H and O–H groups in total. The van der Waals surface area contributed by atoms with Gasteiger partial charge in [0.05, 0.1) is 0 Å². The van der Waals surface area contributed by atoms with Crippen LogP contribution in [0.4, 0.5) is 0 Å². The molecule has 0 aromatic rings. The first-order valence-electron chi connectivity index (χ1n) is 7.93. The fourth-order valence-corrected chi connectivity index (χ4v) is 2.77. The molecule has 0 aliphatic carbocycles. The molecule has 0 spiro atoms. The molecule has 2 atom stereocenters. The number of hydrogen-bond donors (Lipinski definition) is 0. The second-order valence-electron chi connectivity index (χ2n) is 5.52. The van der Waals surface area contributed by atoms with Crippen LogP contribution >= 0.6 is 0 Å². The molecule has 0 aliphatic rings. The molecule has 17 heavy (non-hydrogen) atoms. The predicted molar refractivity (Wildman–Crippen MR) is 79.6 cm³/mol. The van der Waals surface area contributed by atoms with Gasteiger partial charge in [-0.2, -0.15) is 0 Å². The van der Waals surface area contributed by atoms with Gasteiger partial charge in [-0.3, -0.25) is 4.90 Å². The van der Waals surface area contributed by atoms with Gasteiger partial charge in [-0.15, -0.1) is 0 Å². The second-order valence-corrected chi connectivity index (χ2v) is 5.52. The zero-order valence-electron chi connectivity index (χ0n) is 13.0. The van der Waals surface area contributed by atoms with E-state index in [0.717, 1.165) is 12.1 Å². The quantitative estimate of drug-likeness (QED) is 0.447. The average molecular weight is 241 g/mol. The zero-order chi connectivity index (χ0) is 13.1. The second kappa shape index (κ2) is 11.1. The molecule has 0 rings (SSSR count). The van der Waals surface area contributed by atoms with Gasteiger partial charge in [-0.05, 0) is 33.2 Å². The van der Waals surface area contributed by atoms with Gasteiger partial charge in [0.15, 0.2) is 0 Å². The first-order chi connectivity index (χ1) is 8.17. The highest BCUT2D eigenvalue weighted by molar-refractivity contribution is 4.72. The summed E-state index contributed by atoms with van der Waals surface area (Å²) in [6.07, 6.45) is 11.0. The number of unbranched alkanes of at least 4 members (excludes halogenated alkanes) is 4. The molecule has 0 amide bonds. The van der Waals surface area contributed by atoms with E-state index in [4.69, 9.17) is 0 Å². The maximum atomic E-state index is 2.70. The van der Waals surface area contributed by atoms with Crippen LogP contribution in [0.15, 0.2) is 0 Å². The van der Waals surface area contributed by atoms with Crippen molar-refractivity contribution in [1.29, 1.82) is 0 Å². The molecule has 0 saturated carbocycles. The molecule has 0 saturated heterocycles. The molecular formula is C16H35N. The SMILES string of the molecule is CCCCCC(C)N(CC)C(C)CCCCC. The molecular weight excluding hydrogens is 206 g/mol. The Labute approximate surface area is 110 Å². The lowest BCUT2D eigenvalue weighted by Gasteiger charge is -2.34. The minimum absolute atomic E-state index is 0.767. The molecule has 0 aliphatic heterocycles. The van der Waals surface area contributed by atoms with Crippen LogP contribution in [-0.4, -0.2) is 23.5 Å². The minimum Gasteiger partial charge on any atom is -0.298 e. The molecule has 0 radical (unpaired) electrons. The molecule has 1 heteroatoms. The Bertz CT molecular complexity index is 140. The summed E-state index contributed by atoms with van der Waals surface area (Å²) in [7, 11) is 0. The molecule has 1 nitrogen and oxygen atoms in total. The van der Waals surface area contributed by atoms with Crippen molar-refractivity contribution in [3.63, 3.8) is 0 Å². The first kappa shape index (κ1) is 17.0. The lowest BCUT2D eigenvalue weighted by atomic mass is 10.0. The summed E-state index contributed by atoms with van der Waals surface area (Å²) in [6, 6.07) is 1.53. The van der Waals surface area contributed by atoms with Gasteiger partial charge in [-0.25, -0.2) is 0 Å². The van der Waals surface area contributed by atoms with Gasteiger partial charge in [-0.1, -0.05) is 59.3 Å². The highest BCUT2D eigenvalue weighted by Gasteiger charge is 2.17. The van der Waals surface area contributed by atoms with Crippen LogP contribution in [0.1, 0.15) is 86.0 Å². The van der Waals surface area contributed by atoms with Crippen LogP contribution in [0.5, 0.6) is 0 Å². The van der Waals surface area contributed by atoms with Gasteiger partial charge in [0.2, 0.25) is 0 Å². The lowest BCUT2D eigenvalue weighted by Crippen LogP contribution is -2.40. The van der Waals surface area contributed by atoms with Gasteiger partial charge >= 0.3 is 0 Å². The molecule has 0 heterocycles. The lowest BCUT2D eigenvalue weighted by molar-refractivity contribution is 0.143. The number of rotatable bonds is 11. The topological polar surface area (TPSA) is 3.24 Å². The molecule has 0 aromatic heterocycles. The summed E-state index contributed by atoms with van der Waals surface area (Å²) in [5.74, 6) is 0. The van der Waals surface area contributed by atoms with Gasteiger partial charge < -0.3 is 0 Å². The van der Waals surface area contributed by atoms with Gasteiger partial charge in [0.1, 0.15) is 0 Å². The van der Waals surface area contributed by atoms with Crippen molar-refractivity contribution in [2.75, 3.05) is 6.54 Å². The van der Waals surface area contributed by atoms with E-state index in [1.807, 2.05) is 0 Å². The molecule has 104 valence electrons. The zero-order valence-corrected chi connectivity index (χ0v) is 13.0. The molecule has 0 aromatic carbocycles. The third kappa shape index (κ3) is 7.81. The Balaban J connectivity index is 3.92. The molecule has 0 bridgehead atoms. The Morgan fingerprint density at radius 3 is 1.41 bits per heavy atom. The first-order valence-corrected chi connectivity index (χ1v) is 7.93. The standard InChI is InChI=1S/C16H35N/c1-6-9-11-13-15(4)17(8-3)16(5)14-12-10-7-2/h15-16H,6-14H2,1-5H3. The largest absolute Gasteiger partial charge is 0.298 e. The fourth-order valence-electron chi connectivity index (χ4n) is 2.77. The van der Waals surface area contributed by atoms with Crippen LogP contribution in [-0.2, 0) is 0 Å². The monoisotopic (exact) mass is 241 g/mol. The number of hydrogen-bond acceptors (Lipinski definition) is 1. The van der Waals surface area contributed by atoms with E-state index >= 15 is 0 Å². The van der Waals surface area contributed by atoms with Crippen LogP contribution < -0.4 is 0 Å². The smallest absolute Gasteiger partial charge is 0.00696 e. The highest BCUT2D eigenvalue weighted by atomic mass is 15.2. The van der Waals surface area contributed by atoms with Crippen molar-refractivity contribution < 1.29 is 0 Å². The maximum absolute atomic E-state index is 2.70. The predicted octanol–water partition coefficient (Wildman–Crippen LogP) is 5.25. The van der Waals surface area contributed by atoms with E-state index in [-0.39, 0.29) is 0 Å². The molecule has 2 unspecified atom stereocenters. The van der Waals surface area contributed by atoms with E-state index < -0.39 is 0 Å². The van der Waals surface area contributed by atoms with Crippen molar-refractivity contribution in [2.45, 2.75) is 98.1 Å². The van der Waals surface area contributed by atoms with Crippen molar-refractivity contribution in [3.8, 4) is 0 Å². The van der Waals surface area contributed by atoms with E-state index in [1.165, 1.54) is 57.9 Å². The third-order valence-electron chi connectivity index (χ3n) is 3.95. The van der Waals surface area contributed by atoms with Crippen molar-refractivity contribution in [1.82, 2.24) is 4.90 Å². The van der Waals surface area contributed by atoms with Crippen LogP contribution in [0.3, 0.4) is 0 Å². The Morgan fingerprint density at radius 1 is 0.706 bits per heavy atom. The summed E-state index contributed by atoms with van der Waals surface area (Å²) < 4.78 is 0. The third-order valence-corrected chi connectivity index (χ3v) is 3.95. The Hall–Kier alpha value is -0.0400. The van der Waals surface area contributed by atoms with Gasteiger partial charge in [0.25, 0.3) is 0 Å². The van der Waals surface area contributed by atoms with Crippen molar-refractivity contribution >= 4 is 0 Å². The van der Waals surface area contributed by atoms with Crippen LogP contribution in [0, 0.1) is 0 Å². The normalized spacial score (nSPS) is 15.2. The summed E-state index contributed by atoms with van der Waals surface area (Å²) >= 11 is 0. The minimum atomic E-state index is 0.767. The van der Waals surface area contributed by atoms with Crippen molar-refractivity contribution in [2.24, 2.45) is 0 Å². The summed E-state index contributed by atoms with van der Waals surface area (Å²) in [6.45, 7) is 12.9. The summed E-state index contributed by atoms with van der Waals surface area (Å²) in [5.41, 5.74) is 0. The summed E-state index contributed by atoms with van der Waals surface area (Å²) in [4.78, 5) is 2.70. The van der Waals surface area contributed by atoms with Gasteiger partial charge in [0, 0.05) is 12.1 Å².